The molecule has 1 aliphatic rings. The van der Waals surface area contributed by atoms with Crippen LogP contribution < -0.4 is 0 Å². The molecule has 0 saturated carbocycles. The monoisotopic (exact) mass is 357 g/mol. The maximum atomic E-state index is 13.0. The minimum absolute atomic E-state index is 0.0809. The lowest BCUT2D eigenvalue weighted by Crippen LogP contribution is -2.33. The van der Waals surface area contributed by atoms with Crippen molar-refractivity contribution in [3.8, 4) is 11.3 Å². The second kappa shape index (κ2) is 6.51. The predicted octanol–water partition coefficient (Wildman–Crippen LogP) is 3.78. The van der Waals surface area contributed by atoms with Crippen LogP contribution in [-0.4, -0.2) is 35.2 Å². The Labute approximate surface area is 140 Å². The fourth-order valence-electron chi connectivity index (χ4n) is 3.05. The summed E-state index contributed by atoms with van der Waals surface area (Å²) in [6, 6.07) is 8.90. The second-order valence-electron chi connectivity index (χ2n) is 6.06. The summed E-state index contributed by atoms with van der Waals surface area (Å²) < 4.78 is 57.5. The topological polar surface area (TPSA) is 53.7 Å². The van der Waals surface area contributed by atoms with E-state index in [2.05, 4.69) is 0 Å². The Kier molecular flexibility index (Phi) is 4.55. The molecule has 1 aromatic carbocycles. The van der Waals surface area contributed by atoms with Crippen molar-refractivity contribution in [2.75, 3.05) is 13.1 Å². The molecule has 1 N–H and O–H groups in total. The van der Waals surface area contributed by atoms with E-state index in [1.165, 1.54) is 29.2 Å². The van der Waals surface area contributed by atoms with Crippen molar-refractivity contribution >= 4 is 5.97 Å². The summed E-state index contributed by atoms with van der Waals surface area (Å²) in [4.78, 5) is 12.5. The van der Waals surface area contributed by atoms with Gasteiger partial charge in [0.05, 0.1) is 18.4 Å². The number of benzene rings is 1. The van der Waals surface area contributed by atoms with Crippen molar-refractivity contribution in [3.63, 3.8) is 0 Å². The molecule has 0 bridgehead atoms. The van der Waals surface area contributed by atoms with E-state index < -0.39 is 24.0 Å². The van der Waals surface area contributed by atoms with Crippen molar-refractivity contribution < 1.29 is 31.9 Å². The highest BCUT2D eigenvalue weighted by molar-refractivity contribution is 5.71. The first-order valence-corrected chi connectivity index (χ1v) is 7.60. The minimum Gasteiger partial charge on any atom is -0.481 e. The lowest BCUT2D eigenvalue weighted by molar-refractivity contribution is -0.188. The van der Waals surface area contributed by atoms with Crippen LogP contribution in [0.2, 0.25) is 0 Å². The van der Waals surface area contributed by atoms with Gasteiger partial charge in [-0.2, -0.15) is 13.2 Å². The fourth-order valence-corrected chi connectivity index (χ4v) is 3.05. The molecule has 134 valence electrons. The number of rotatable bonds is 4. The maximum Gasteiger partial charge on any atom is 0.393 e. The zero-order chi connectivity index (χ0) is 18.2. The summed E-state index contributed by atoms with van der Waals surface area (Å²) in [5, 5.41) is 9.03. The normalized spacial score (nSPS) is 21.6. The fraction of sp³-hybridized carbons (Fsp3) is 0.353. The number of nitrogens with zero attached hydrogens (tertiary/aromatic N) is 1. The van der Waals surface area contributed by atoms with Gasteiger partial charge in [0.15, 0.2) is 0 Å². The van der Waals surface area contributed by atoms with Crippen LogP contribution in [0, 0.1) is 17.7 Å². The number of carbonyl (C=O) groups is 1. The maximum absolute atomic E-state index is 13.0. The quantitative estimate of drug-likeness (QED) is 0.846. The summed E-state index contributed by atoms with van der Waals surface area (Å²) in [6.07, 6.45) is -4.56. The Hall–Kier alpha value is -2.35. The highest BCUT2D eigenvalue weighted by Gasteiger charge is 2.52. The molecule has 25 heavy (non-hydrogen) atoms. The van der Waals surface area contributed by atoms with E-state index in [0.29, 0.717) is 17.1 Å². The van der Waals surface area contributed by atoms with Crippen molar-refractivity contribution in [1.82, 2.24) is 4.90 Å². The molecule has 1 aliphatic heterocycles. The van der Waals surface area contributed by atoms with Crippen LogP contribution >= 0.6 is 0 Å². The van der Waals surface area contributed by atoms with Crippen LogP contribution in [0.25, 0.3) is 11.3 Å². The Balaban J connectivity index is 1.71. The van der Waals surface area contributed by atoms with Gasteiger partial charge in [0.25, 0.3) is 0 Å². The number of furan rings is 1. The van der Waals surface area contributed by atoms with Crippen LogP contribution in [0.15, 0.2) is 40.8 Å². The first-order chi connectivity index (χ1) is 11.7. The number of aliphatic carboxylic acids is 1. The number of hydrogen-bond donors (Lipinski definition) is 1. The van der Waals surface area contributed by atoms with Crippen molar-refractivity contribution in [2.24, 2.45) is 11.8 Å². The van der Waals surface area contributed by atoms with E-state index in [9.17, 15) is 22.4 Å². The molecule has 0 unspecified atom stereocenters. The lowest BCUT2D eigenvalue weighted by atomic mass is 9.96. The minimum atomic E-state index is -4.56. The molecule has 0 aliphatic carbocycles. The largest absolute Gasteiger partial charge is 0.481 e. The molecule has 2 aromatic rings. The number of hydrogen-bond acceptors (Lipinski definition) is 3. The van der Waals surface area contributed by atoms with Gasteiger partial charge in [-0.3, -0.25) is 9.69 Å². The van der Waals surface area contributed by atoms with Gasteiger partial charge in [-0.25, -0.2) is 4.39 Å². The smallest absolute Gasteiger partial charge is 0.393 e. The van der Waals surface area contributed by atoms with E-state index in [1.54, 1.807) is 12.1 Å². The van der Waals surface area contributed by atoms with Gasteiger partial charge < -0.3 is 9.52 Å². The van der Waals surface area contributed by atoms with Crippen LogP contribution in [-0.2, 0) is 11.3 Å². The van der Waals surface area contributed by atoms with Crippen molar-refractivity contribution in [2.45, 2.75) is 12.7 Å². The molecule has 1 fully saturated rings. The Morgan fingerprint density at radius 2 is 1.84 bits per heavy atom. The van der Waals surface area contributed by atoms with Crippen LogP contribution in [0.4, 0.5) is 17.6 Å². The highest BCUT2D eigenvalue weighted by atomic mass is 19.4. The van der Waals surface area contributed by atoms with Gasteiger partial charge in [-0.05, 0) is 36.4 Å². The molecule has 0 amide bonds. The summed E-state index contributed by atoms with van der Waals surface area (Å²) >= 11 is 0. The van der Waals surface area contributed by atoms with Gasteiger partial charge in [0.2, 0.25) is 0 Å². The zero-order valence-electron chi connectivity index (χ0n) is 13.0. The summed E-state index contributed by atoms with van der Waals surface area (Å²) in [6.45, 7) is -0.489. The van der Waals surface area contributed by atoms with Gasteiger partial charge in [0.1, 0.15) is 17.3 Å². The highest BCUT2D eigenvalue weighted by Crippen LogP contribution is 2.38. The van der Waals surface area contributed by atoms with E-state index in [4.69, 9.17) is 9.52 Å². The zero-order valence-corrected chi connectivity index (χ0v) is 13.0. The molecule has 3 rings (SSSR count). The molecule has 4 nitrogen and oxygen atoms in total. The SMILES string of the molecule is O=C(O)[C@@H]1CN(Cc2ccc(-c3ccc(F)cc3)o2)C[C@H]1C(F)(F)F. The molecule has 1 saturated heterocycles. The molecule has 8 heteroatoms. The van der Waals surface area contributed by atoms with Crippen LogP contribution in [0.5, 0.6) is 0 Å². The molecule has 0 spiro atoms. The summed E-state index contributed by atoms with van der Waals surface area (Å²) in [7, 11) is 0. The van der Waals surface area contributed by atoms with E-state index >= 15 is 0 Å². The van der Waals surface area contributed by atoms with Crippen molar-refractivity contribution in [1.29, 1.82) is 0 Å². The third-order valence-corrected chi connectivity index (χ3v) is 4.30. The molecular formula is C17H15F4NO3. The third kappa shape index (κ3) is 3.84. The average molecular weight is 357 g/mol. The number of carboxylic acid groups (broad SMARTS) is 1. The Bertz CT molecular complexity index is 754. The van der Waals surface area contributed by atoms with Crippen LogP contribution in [0.1, 0.15) is 5.76 Å². The molecule has 0 radical (unpaired) electrons. The van der Waals surface area contributed by atoms with Gasteiger partial charge in [-0.1, -0.05) is 0 Å². The van der Waals surface area contributed by atoms with Gasteiger partial charge in [0, 0.05) is 18.7 Å². The van der Waals surface area contributed by atoms with Crippen LogP contribution in [0.3, 0.4) is 0 Å². The van der Waals surface area contributed by atoms with E-state index in [1.807, 2.05) is 0 Å². The van der Waals surface area contributed by atoms with E-state index in [-0.39, 0.29) is 25.5 Å². The first kappa shape index (κ1) is 17.5. The Morgan fingerprint density at radius 3 is 2.40 bits per heavy atom. The van der Waals surface area contributed by atoms with Crippen molar-refractivity contribution in [3.05, 3.63) is 48.0 Å². The van der Waals surface area contributed by atoms with Gasteiger partial charge >= 0.3 is 12.1 Å². The average Bonchev–Trinajstić information content (AvgIpc) is 3.15. The lowest BCUT2D eigenvalue weighted by Gasteiger charge is -2.18. The molecular weight excluding hydrogens is 342 g/mol. The van der Waals surface area contributed by atoms with E-state index in [0.717, 1.165) is 0 Å². The molecule has 1 aromatic heterocycles. The third-order valence-electron chi connectivity index (χ3n) is 4.30. The predicted molar refractivity (Wildman–Crippen MR) is 80.0 cm³/mol. The number of alkyl halides is 3. The number of likely N-dealkylation sites (tertiary alicyclic amines) is 1. The molecule has 2 heterocycles. The summed E-state index contributed by atoms with van der Waals surface area (Å²) in [5.41, 5.74) is 0.644. The first-order valence-electron chi connectivity index (χ1n) is 7.60. The second-order valence-corrected chi connectivity index (χ2v) is 6.06. The number of halogens is 4. The van der Waals surface area contributed by atoms with Gasteiger partial charge in [-0.15, -0.1) is 0 Å². The summed E-state index contributed by atoms with van der Waals surface area (Å²) in [5.74, 6) is -4.31. The molecule has 2 atom stereocenters. The standard InChI is InChI=1S/C17H15F4NO3/c18-11-3-1-10(2-4-11)15-6-5-12(25-15)7-22-8-13(16(23)24)14(9-22)17(19,20)21/h1-6,13-14H,7-9H2,(H,23,24)/t13-,14-/m1/s1. The Morgan fingerprint density at radius 1 is 1.16 bits per heavy atom. The number of carboxylic acids is 1.